The summed E-state index contributed by atoms with van der Waals surface area (Å²) in [5.41, 5.74) is -0.0372. The summed E-state index contributed by atoms with van der Waals surface area (Å²) in [5.74, 6) is -1.60. The Balaban J connectivity index is 1.30. The van der Waals surface area contributed by atoms with Gasteiger partial charge in [-0.2, -0.15) is 0 Å². The Bertz CT molecular complexity index is 1310. The number of aromatic nitrogens is 2. The van der Waals surface area contributed by atoms with Gasteiger partial charge in [0, 0.05) is 5.56 Å². The maximum atomic E-state index is 13.5. The van der Waals surface area contributed by atoms with Crippen LogP contribution in [0.5, 0.6) is 5.75 Å². The van der Waals surface area contributed by atoms with Crippen molar-refractivity contribution >= 4 is 34.9 Å². The summed E-state index contributed by atoms with van der Waals surface area (Å²) in [6, 6.07) is 11.9. The van der Waals surface area contributed by atoms with Crippen molar-refractivity contribution in [2.24, 2.45) is 0 Å². The molecular formula is C23H18ClFN4O3S. The van der Waals surface area contributed by atoms with E-state index in [4.69, 9.17) is 11.6 Å². The van der Waals surface area contributed by atoms with Gasteiger partial charge in [-0.05, 0) is 43.4 Å². The van der Waals surface area contributed by atoms with Crippen LogP contribution < -0.4 is 0 Å². The third kappa shape index (κ3) is 2.92. The van der Waals surface area contributed by atoms with Gasteiger partial charge in [-0.15, -0.1) is 10.2 Å². The number of hydrogen-bond donors (Lipinski definition) is 1. The van der Waals surface area contributed by atoms with E-state index in [0.717, 1.165) is 24.5 Å². The van der Waals surface area contributed by atoms with E-state index in [1.54, 1.807) is 4.90 Å². The van der Waals surface area contributed by atoms with Crippen LogP contribution in [0.15, 0.2) is 42.5 Å². The Hall–Kier alpha value is -3.04. The Morgan fingerprint density at radius 1 is 1.03 bits per heavy atom. The van der Waals surface area contributed by atoms with Gasteiger partial charge in [0.15, 0.2) is 11.6 Å². The SMILES string of the molecule is O=C1N(Cc2nnc(-c3ccc(F)c(O)c3Cl)s2)C2(CC2)C(=O)N1C1(c2ccccc2)CC1. The van der Waals surface area contributed by atoms with E-state index in [1.165, 1.54) is 22.3 Å². The average Bonchev–Trinajstić information content (AvgIpc) is 3.73. The van der Waals surface area contributed by atoms with Gasteiger partial charge in [-0.25, -0.2) is 9.18 Å². The van der Waals surface area contributed by atoms with Crippen molar-refractivity contribution < 1.29 is 19.1 Å². The number of phenolic OH excluding ortho intramolecular Hbond substituents is 1. The third-order valence-corrected chi connectivity index (χ3v) is 8.11. The first-order valence-electron chi connectivity index (χ1n) is 10.6. The molecule has 7 nitrogen and oxygen atoms in total. The number of urea groups is 1. The van der Waals surface area contributed by atoms with Crippen LogP contribution in [0.4, 0.5) is 9.18 Å². The number of halogens is 2. The summed E-state index contributed by atoms with van der Waals surface area (Å²) in [5, 5.41) is 18.9. The summed E-state index contributed by atoms with van der Waals surface area (Å²) in [6.07, 6.45) is 2.77. The molecule has 2 aliphatic carbocycles. The molecule has 3 amide bonds. The average molecular weight is 485 g/mol. The number of aromatic hydroxyl groups is 1. The normalized spacial score (nSPS) is 20.1. The summed E-state index contributed by atoms with van der Waals surface area (Å²) in [6.45, 7) is 0.147. The van der Waals surface area contributed by atoms with Crippen molar-refractivity contribution in [1.82, 2.24) is 20.0 Å². The van der Waals surface area contributed by atoms with E-state index in [-0.39, 0.29) is 23.5 Å². The van der Waals surface area contributed by atoms with Gasteiger partial charge in [0.2, 0.25) is 0 Å². The van der Waals surface area contributed by atoms with E-state index in [2.05, 4.69) is 10.2 Å². The Kier molecular flexibility index (Phi) is 4.35. The predicted octanol–water partition coefficient (Wildman–Crippen LogP) is 4.69. The van der Waals surface area contributed by atoms with Crippen LogP contribution in [0.1, 0.15) is 36.3 Å². The standard InChI is InChI=1S/C23H18ClFN4O3S/c24-17-14(6-7-15(25)18(17)30)19-27-26-16(33-19)12-28-21(32)29(20(31)23(28)10-11-23)22(8-9-22)13-4-2-1-3-5-13/h1-7,30H,8-12H2. The molecule has 0 bridgehead atoms. The number of carbonyl (C=O) groups is 2. The highest BCUT2D eigenvalue weighted by atomic mass is 35.5. The van der Waals surface area contributed by atoms with Crippen LogP contribution in [0.2, 0.25) is 5.02 Å². The van der Waals surface area contributed by atoms with Gasteiger partial charge in [0.1, 0.15) is 15.6 Å². The third-order valence-electron chi connectivity index (χ3n) is 6.78. The molecule has 1 aliphatic heterocycles. The minimum atomic E-state index is -0.821. The molecule has 0 radical (unpaired) electrons. The maximum absolute atomic E-state index is 13.5. The molecular weight excluding hydrogens is 467 g/mol. The van der Waals surface area contributed by atoms with Gasteiger partial charge in [0.25, 0.3) is 5.91 Å². The fraction of sp³-hybridized carbons (Fsp3) is 0.304. The molecule has 10 heteroatoms. The number of benzene rings is 2. The number of hydrogen-bond acceptors (Lipinski definition) is 6. The summed E-state index contributed by atoms with van der Waals surface area (Å²) >= 11 is 7.27. The zero-order valence-corrected chi connectivity index (χ0v) is 18.9. The molecule has 0 atom stereocenters. The summed E-state index contributed by atoms with van der Waals surface area (Å²) in [4.78, 5) is 30.1. The second-order valence-corrected chi connectivity index (χ2v) is 10.1. The van der Waals surface area contributed by atoms with Crippen molar-refractivity contribution in [3.63, 3.8) is 0 Å². The molecule has 2 saturated carbocycles. The molecule has 3 aromatic rings. The van der Waals surface area contributed by atoms with Crippen molar-refractivity contribution in [3.05, 3.63) is 63.9 Å². The first-order chi connectivity index (χ1) is 15.9. The highest BCUT2D eigenvalue weighted by Crippen LogP contribution is 2.58. The summed E-state index contributed by atoms with van der Waals surface area (Å²) < 4.78 is 13.5. The predicted molar refractivity (Wildman–Crippen MR) is 119 cm³/mol. The highest BCUT2D eigenvalue weighted by molar-refractivity contribution is 7.14. The van der Waals surface area contributed by atoms with Crippen molar-refractivity contribution in [2.75, 3.05) is 0 Å². The van der Waals surface area contributed by atoms with Crippen LogP contribution in [-0.2, 0) is 16.9 Å². The van der Waals surface area contributed by atoms with Gasteiger partial charge < -0.3 is 10.0 Å². The molecule has 168 valence electrons. The second-order valence-electron chi connectivity index (χ2n) is 8.70. The lowest BCUT2D eigenvalue weighted by Gasteiger charge is -2.26. The molecule has 0 unspecified atom stereocenters. The van der Waals surface area contributed by atoms with Crippen LogP contribution in [0.3, 0.4) is 0 Å². The highest BCUT2D eigenvalue weighted by Gasteiger charge is 2.70. The van der Waals surface area contributed by atoms with E-state index in [0.29, 0.717) is 28.4 Å². The van der Waals surface area contributed by atoms with Gasteiger partial charge in [0.05, 0.1) is 17.1 Å². The van der Waals surface area contributed by atoms with E-state index in [1.807, 2.05) is 30.3 Å². The van der Waals surface area contributed by atoms with Crippen LogP contribution in [0.25, 0.3) is 10.6 Å². The molecule has 3 aliphatic rings. The summed E-state index contributed by atoms with van der Waals surface area (Å²) in [7, 11) is 0. The van der Waals surface area contributed by atoms with Gasteiger partial charge in [-0.1, -0.05) is 53.3 Å². The lowest BCUT2D eigenvalue weighted by atomic mass is 10.0. The maximum Gasteiger partial charge on any atom is 0.328 e. The Morgan fingerprint density at radius 2 is 1.73 bits per heavy atom. The largest absolute Gasteiger partial charge is 0.504 e. The van der Waals surface area contributed by atoms with E-state index in [9.17, 15) is 19.1 Å². The molecule has 1 N–H and O–H groups in total. The number of imide groups is 1. The fourth-order valence-electron chi connectivity index (χ4n) is 4.69. The Labute approximate surface area is 197 Å². The zero-order valence-electron chi connectivity index (χ0n) is 17.3. The number of phenols is 1. The fourth-order valence-corrected chi connectivity index (χ4v) is 5.85. The smallest absolute Gasteiger partial charge is 0.328 e. The van der Waals surface area contributed by atoms with Gasteiger partial charge >= 0.3 is 6.03 Å². The molecule has 2 heterocycles. The quantitative estimate of drug-likeness (QED) is 0.531. The second kappa shape index (κ2) is 6.98. The minimum Gasteiger partial charge on any atom is -0.504 e. The molecule has 1 aromatic heterocycles. The first-order valence-corrected chi connectivity index (χ1v) is 11.8. The van der Waals surface area contributed by atoms with Crippen LogP contribution in [-0.4, -0.2) is 42.6 Å². The van der Waals surface area contributed by atoms with Crippen molar-refractivity contribution in [3.8, 4) is 16.3 Å². The number of rotatable bonds is 5. The van der Waals surface area contributed by atoms with E-state index >= 15 is 0 Å². The lowest BCUT2D eigenvalue weighted by Crippen LogP contribution is -2.41. The number of amides is 3. The molecule has 6 rings (SSSR count). The molecule has 3 fully saturated rings. The van der Waals surface area contributed by atoms with Gasteiger partial charge in [-0.3, -0.25) is 9.69 Å². The zero-order chi connectivity index (χ0) is 23.0. The number of nitrogens with zero attached hydrogens (tertiary/aromatic N) is 4. The first kappa shape index (κ1) is 20.6. The van der Waals surface area contributed by atoms with Crippen LogP contribution >= 0.6 is 22.9 Å². The van der Waals surface area contributed by atoms with Crippen LogP contribution in [0, 0.1) is 5.82 Å². The number of carbonyl (C=O) groups excluding carboxylic acids is 2. The minimum absolute atomic E-state index is 0.134. The Morgan fingerprint density at radius 3 is 2.39 bits per heavy atom. The molecule has 1 saturated heterocycles. The molecule has 1 spiro atoms. The lowest BCUT2D eigenvalue weighted by molar-refractivity contribution is -0.131. The molecule has 33 heavy (non-hydrogen) atoms. The topological polar surface area (TPSA) is 86.6 Å². The molecule has 2 aromatic carbocycles. The van der Waals surface area contributed by atoms with Crippen molar-refractivity contribution in [1.29, 1.82) is 0 Å². The van der Waals surface area contributed by atoms with Crippen molar-refractivity contribution in [2.45, 2.75) is 43.3 Å². The van der Waals surface area contributed by atoms with E-state index < -0.39 is 22.6 Å². The monoisotopic (exact) mass is 484 g/mol.